The number of aromatic nitrogens is 1. The molecule has 3 nitrogen and oxygen atoms in total. The van der Waals surface area contributed by atoms with E-state index in [0.717, 1.165) is 18.5 Å². The Balaban J connectivity index is 1.89. The fraction of sp³-hybridized carbons (Fsp3) is 0.167. The van der Waals surface area contributed by atoms with E-state index in [2.05, 4.69) is 4.98 Å². The van der Waals surface area contributed by atoms with Gasteiger partial charge in [0.1, 0.15) is 11.5 Å². The highest BCUT2D eigenvalue weighted by Gasteiger charge is 2.32. The third-order valence-corrected chi connectivity index (χ3v) is 5.12. The van der Waals surface area contributed by atoms with Crippen LogP contribution in [0.1, 0.15) is 22.7 Å². The van der Waals surface area contributed by atoms with Gasteiger partial charge in [0, 0.05) is 29.5 Å². The second-order valence-corrected chi connectivity index (χ2v) is 7.91. The topological polar surface area (TPSA) is 47.0 Å². The van der Waals surface area contributed by atoms with Crippen molar-refractivity contribution in [1.29, 1.82) is 0 Å². The maximum absolute atomic E-state index is 14.3. The van der Waals surface area contributed by atoms with Crippen LogP contribution in [0, 0.1) is 0 Å². The van der Waals surface area contributed by atoms with Crippen molar-refractivity contribution in [3.8, 4) is 0 Å². The second-order valence-electron chi connectivity index (χ2n) is 5.89. The van der Waals surface area contributed by atoms with E-state index in [4.69, 9.17) is 0 Å². The van der Waals surface area contributed by atoms with Crippen molar-refractivity contribution in [3.63, 3.8) is 0 Å². The zero-order chi connectivity index (χ0) is 19.1. The Morgan fingerprint density at radius 2 is 1.65 bits per heavy atom. The van der Waals surface area contributed by atoms with E-state index >= 15 is 0 Å². The van der Waals surface area contributed by atoms with Crippen LogP contribution in [0.5, 0.6) is 0 Å². The standard InChI is InChI=1S/C18H13F4NO2S/c1-26(24,25)14-5-2-11(3-6-14)13-8-15(16(19)9-13)12-4-7-17(23-10-12)18(20,21)22/h2-10,13H,1H3. The average molecular weight is 383 g/mol. The zero-order valence-corrected chi connectivity index (χ0v) is 14.3. The van der Waals surface area contributed by atoms with Crippen molar-refractivity contribution in [3.05, 3.63) is 77.4 Å². The fourth-order valence-electron chi connectivity index (χ4n) is 2.64. The van der Waals surface area contributed by atoms with Gasteiger partial charge in [-0.05, 0) is 29.8 Å². The van der Waals surface area contributed by atoms with E-state index in [9.17, 15) is 26.0 Å². The number of hydrogen-bond acceptors (Lipinski definition) is 3. The second kappa shape index (κ2) is 6.35. The molecule has 0 fully saturated rings. The Kier molecular flexibility index (Phi) is 4.47. The lowest BCUT2D eigenvalue weighted by molar-refractivity contribution is -0.141. The van der Waals surface area contributed by atoms with E-state index in [1.807, 2.05) is 0 Å². The Labute approximate surface area is 147 Å². The van der Waals surface area contributed by atoms with Gasteiger partial charge in [-0.3, -0.25) is 4.98 Å². The zero-order valence-electron chi connectivity index (χ0n) is 13.5. The summed E-state index contributed by atoms with van der Waals surface area (Å²) in [5, 5.41) is 0. The van der Waals surface area contributed by atoms with E-state index in [-0.39, 0.29) is 16.0 Å². The number of alkyl halides is 3. The molecule has 0 radical (unpaired) electrons. The molecule has 0 aliphatic heterocycles. The van der Waals surface area contributed by atoms with Gasteiger partial charge < -0.3 is 0 Å². The summed E-state index contributed by atoms with van der Waals surface area (Å²) < 4.78 is 74.9. The van der Waals surface area contributed by atoms with Gasteiger partial charge in [-0.2, -0.15) is 13.2 Å². The molecule has 136 valence electrons. The van der Waals surface area contributed by atoms with Gasteiger partial charge in [0.15, 0.2) is 9.84 Å². The van der Waals surface area contributed by atoms with Crippen LogP contribution in [0.15, 0.2) is 65.5 Å². The van der Waals surface area contributed by atoms with E-state index in [0.29, 0.717) is 5.56 Å². The summed E-state index contributed by atoms with van der Waals surface area (Å²) in [6, 6.07) is 8.00. The van der Waals surface area contributed by atoms with Crippen LogP contribution in [0.4, 0.5) is 17.6 Å². The molecule has 0 spiro atoms. The van der Waals surface area contributed by atoms with Crippen molar-refractivity contribution >= 4 is 15.4 Å². The molecule has 1 aliphatic carbocycles. The molecule has 3 rings (SSSR count). The van der Waals surface area contributed by atoms with Gasteiger partial charge in [0.2, 0.25) is 0 Å². The van der Waals surface area contributed by atoms with Crippen LogP contribution in [-0.2, 0) is 16.0 Å². The van der Waals surface area contributed by atoms with Gasteiger partial charge in [-0.25, -0.2) is 12.8 Å². The molecule has 1 atom stereocenters. The van der Waals surface area contributed by atoms with E-state index in [1.165, 1.54) is 24.3 Å². The lowest BCUT2D eigenvalue weighted by atomic mass is 10.00. The molecule has 1 aromatic carbocycles. The minimum absolute atomic E-state index is 0.153. The Morgan fingerprint density at radius 3 is 2.15 bits per heavy atom. The molecule has 8 heteroatoms. The molecule has 0 saturated heterocycles. The Morgan fingerprint density at radius 1 is 1.00 bits per heavy atom. The summed E-state index contributed by atoms with van der Waals surface area (Å²) in [5.74, 6) is -1.01. The number of sulfone groups is 1. The summed E-state index contributed by atoms with van der Waals surface area (Å²) in [5.41, 5.74) is 0.0185. The Hall–Kier alpha value is -2.48. The van der Waals surface area contributed by atoms with E-state index in [1.54, 1.807) is 18.2 Å². The van der Waals surface area contributed by atoms with Crippen molar-refractivity contribution in [2.24, 2.45) is 0 Å². The highest BCUT2D eigenvalue weighted by molar-refractivity contribution is 7.90. The SMILES string of the molecule is CS(=O)(=O)c1ccc(C2C=C(F)C(c3ccc(C(F)(F)F)nc3)=C2)cc1. The molecule has 0 bridgehead atoms. The van der Waals surface area contributed by atoms with Gasteiger partial charge in [0.25, 0.3) is 0 Å². The highest BCUT2D eigenvalue weighted by Crippen LogP contribution is 2.38. The van der Waals surface area contributed by atoms with Gasteiger partial charge in [-0.1, -0.05) is 24.3 Å². The monoisotopic (exact) mass is 383 g/mol. The number of rotatable bonds is 3. The fourth-order valence-corrected chi connectivity index (χ4v) is 3.27. The first kappa shape index (κ1) is 18.3. The van der Waals surface area contributed by atoms with Gasteiger partial charge in [-0.15, -0.1) is 0 Å². The molecule has 1 aromatic heterocycles. The summed E-state index contributed by atoms with van der Waals surface area (Å²) in [4.78, 5) is 3.49. The molecule has 26 heavy (non-hydrogen) atoms. The summed E-state index contributed by atoms with van der Waals surface area (Å²) in [6.07, 6.45) is 0.405. The maximum Gasteiger partial charge on any atom is 0.433 e. The predicted molar refractivity (Wildman–Crippen MR) is 88.7 cm³/mol. The van der Waals surface area contributed by atoms with Crippen molar-refractivity contribution < 1.29 is 26.0 Å². The van der Waals surface area contributed by atoms with Crippen molar-refractivity contribution in [2.45, 2.75) is 17.0 Å². The van der Waals surface area contributed by atoms with Crippen LogP contribution in [-0.4, -0.2) is 19.7 Å². The first-order chi connectivity index (χ1) is 12.1. The smallest absolute Gasteiger partial charge is 0.251 e. The minimum atomic E-state index is -4.55. The van der Waals surface area contributed by atoms with Crippen LogP contribution >= 0.6 is 0 Å². The van der Waals surface area contributed by atoms with Crippen LogP contribution in [0.2, 0.25) is 0 Å². The molecule has 1 aliphatic rings. The third kappa shape index (κ3) is 3.70. The van der Waals surface area contributed by atoms with Crippen LogP contribution in [0.25, 0.3) is 5.57 Å². The molecule has 0 N–H and O–H groups in total. The number of hydrogen-bond donors (Lipinski definition) is 0. The number of allylic oxidation sites excluding steroid dienone is 4. The largest absolute Gasteiger partial charge is 0.433 e. The third-order valence-electron chi connectivity index (χ3n) is 3.99. The molecule has 0 amide bonds. The lowest BCUT2D eigenvalue weighted by Gasteiger charge is -2.08. The summed E-state index contributed by atoms with van der Waals surface area (Å²) in [7, 11) is -3.33. The maximum atomic E-state index is 14.3. The quantitative estimate of drug-likeness (QED) is 0.732. The number of pyridine rings is 1. The van der Waals surface area contributed by atoms with Crippen molar-refractivity contribution in [1.82, 2.24) is 4.98 Å². The van der Waals surface area contributed by atoms with Gasteiger partial charge in [0.05, 0.1) is 4.90 Å². The predicted octanol–water partition coefficient (Wildman–Crippen LogP) is 4.54. The summed E-state index contributed by atoms with van der Waals surface area (Å²) in [6.45, 7) is 0. The molecular formula is C18H13F4NO2S. The van der Waals surface area contributed by atoms with Crippen molar-refractivity contribution in [2.75, 3.05) is 6.26 Å². The van der Waals surface area contributed by atoms with Gasteiger partial charge >= 0.3 is 6.18 Å². The van der Waals surface area contributed by atoms with E-state index < -0.39 is 33.5 Å². The molecule has 0 saturated carbocycles. The first-order valence-electron chi connectivity index (χ1n) is 7.49. The lowest BCUT2D eigenvalue weighted by Crippen LogP contribution is -2.07. The normalized spacial score (nSPS) is 17.8. The number of benzene rings is 1. The minimum Gasteiger partial charge on any atom is -0.251 e. The molecule has 1 unspecified atom stereocenters. The number of nitrogens with zero attached hydrogens (tertiary/aromatic N) is 1. The first-order valence-corrected chi connectivity index (χ1v) is 9.38. The highest BCUT2D eigenvalue weighted by atomic mass is 32.2. The Bertz CT molecular complexity index is 989. The number of halogens is 4. The molecule has 1 heterocycles. The van der Waals surface area contributed by atoms with Crippen LogP contribution in [0.3, 0.4) is 0 Å². The molecular weight excluding hydrogens is 370 g/mol. The van der Waals surface area contributed by atoms with Crippen LogP contribution < -0.4 is 0 Å². The average Bonchev–Trinajstić information content (AvgIpc) is 2.95. The summed E-state index contributed by atoms with van der Waals surface area (Å²) >= 11 is 0. The molecule has 2 aromatic rings.